The predicted octanol–water partition coefficient (Wildman–Crippen LogP) is 9.63. The van der Waals surface area contributed by atoms with Gasteiger partial charge in [-0.05, 0) is 58.1 Å². The van der Waals surface area contributed by atoms with Crippen LogP contribution in [0, 0.1) is 0 Å². The standard InChI is InChI=1S/C39H28F3NO5/c40-39(41,42)36-33(24-34(48-36)29-16-14-27(15-17-29)26-10-5-2-6-11-26)37(44)43-31-20-18-28(19-21-31)30-12-7-13-32(23-30)47-35(38(45)46)22-25-8-3-1-4-9-25/h1-21,23-24,35H,22H2,(H,43,44)(H,45,46). The summed E-state index contributed by atoms with van der Waals surface area (Å²) in [6.45, 7) is 0. The van der Waals surface area contributed by atoms with E-state index in [1.807, 2.05) is 66.7 Å². The van der Waals surface area contributed by atoms with Gasteiger partial charge in [0.15, 0.2) is 6.10 Å². The number of ether oxygens (including phenoxy) is 1. The summed E-state index contributed by atoms with van der Waals surface area (Å²) in [4.78, 5) is 25.0. The summed E-state index contributed by atoms with van der Waals surface area (Å²) < 4.78 is 52.9. The average molecular weight is 648 g/mol. The molecule has 1 heterocycles. The highest BCUT2D eigenvalue weighted by Gasteiger charge is 2.40. The number of aliphatic carboxylic acids is 1. The molecule has 240 valence electrons. The summed E-state index contributed by atoms with van der Waals surface area (Å²) in [6.07, 6.45) is -5.81. The van der Waals surface area contributed by atoms with Gasteiger partial charge in [0, 0.05) is 17.7 Å². The molecule has 1 atom stereocenters. The third kappa shape index (κ3) is 7.47. The second kappa shape index (κ2) is 13.7. The molecule has 48 heavy (non-hydrogen) atoms. The maximum atomic E-state index is 14.0. The van der Waals surface area contributed by atoms with Crippen molar-refractivity contribution in [3.63, 3.8) is 0 Å². The second-order valence-corrected chi connectivity index (χ2v) is 11.0. The largest absolute Gasteiger partial charge is 0.478 e. The van der Waals surface area contributed by atoms with Crippen molar-refractivity contribution in [1.82, 2.24) is 0 Å². The van der Waals surface area contributed by atoms with E-state index in [0.717, 1.165) is 22.8 Å². The zero-order chi connectivity index (χ0) is 33.7. The van der Waals surface area contributed by atoms with Crippen molar-refractivity contribution in [1.29, 1.82) is 0 Å². The molecule has 9 heteroatoms. The number of halogens is 3. The lowest BCUT2D eigenvalue weighted by Gasteiger charge is -2.16. The van der Waals surface area contributed by atoms with Gasteiger partial charge in [0.1, 0.15) is 11.5 Å². The van der Waals surface area contributed by atoms with Gasteiger partial charge in [0.2, 0.25) is 5.76 Å². The topological polar surface area (TPSA) is 88.8 Å². The van der Waals surface area contributed by atoms with Crippen molar-refractivity contribution >= 4 is 17.6 Å². The van der Waals surface area contributed by atoms with E-state index in [0.29, 0.717) is 22.4 Å². The molecule has 0 radical (unpaired) electrons. The number of nitrogens with one attached hydrogen (secondary N) is 1. The molecule has 6 rings (SSSR count). The molecule has 0 aliphatic carbocycles. The molecule has 0 spiro atoms. The Morgan fingerprint density at radius 1 is 0.688 bits per heavy atom. The van der Waals surface area contributed by atoms with Crippen molar-refractivity contribution in [2.45, 2.75) is 18.7 Å². The van der Waals surface area contributed by atoms with Crippen LogP contribution in [0.5, 0.6) is 5.75 Å². The van der Waals surface area contributed by atoms with Crippen molar-refractivity contribution in [2.75, 3.05) is 5.32 Å². The number of rotatable bonds is 10. The molecule has 0 aliphatic rings. The van der Waals surface area contributed by atoms with Gasteiger partial charge in [-0.2, -0.15) is 13.2 Å². The van der Waals surface area contributed by atoms with Crippen LogP contribution >= 0.6 is 0 Å². The van der Waals surface area contributed by atoms with Crippen molar-refractivity contribution in [3.05, 3.63) is 156 Å². The van der Waals surface area contributed by atoms with E-state index in [9.17, 15) is 27.9 Å². The van der Waals surface area contributed by atoms with Crippen molar-refractivity contribution < 1.29 is 37.0 Å². The van der Waals surface area contributed by atoms with Crippen LogP contribution < -0.4 is 10.1 Å². The Morgan fingerprint density at radius 3 is 1.90 bits per heavy atom. The number of furan rings is 1. The Hall–Kier alpha value is -6.09. The van der Waals surface area contributed by atoms with Crippen LogP contribution in [0.2, 0.25) is 0 Å². The first-order valence-corrected chi connectivity index (χ1v) is 15.0. The molecule has 0 aliphatic heterocycles. The summed E-state index contributed by atoms with van der Waals surface area (Å²) >= 11 is 0. The third-order valence-corrected chi connectivity index (χ3v) is 7.64. The van der Waals surface area contributed by atoms with Gasteiger partial charge in [-0.3, -0.25) is 4.79 Å². The highest BCUT2D eigenvalue weighted by atomic mass is 19.4. The van der Waals surface area contributed by atoms with E-state index in [-0.39, 0.29) is 17.9 Å². The first kappa shape index (κ1) is 31.9. The molecule has 0 bridgehead atoms. The minimum Gasteiger partial charge on any atom is -0.478 e. The number of alkyl halides is 3. The molecule has 1 aromatic heterocycles. The number of carboxylic acids is 1. The van der Waals surface area contributed by atoms with Crippen molar-refractivity contribution in [3.8, 4) is 39.3 Å². The smallest absolute Gasteiger partial charge is 0.450 e. The number of hydrogen-bond donors (Lipinski definition) is 2. The molecule has 0 saturated heterocycles. The van der Waals surface area contributed by atoms with Gasteiger partial charge < -0.3 is 19.6 Å². The van der Waals surface area contributed by atoms with E-state index in [2.05, 4.69) is 5.32 Å². The van der Waals surface area contributed by atoms with Crippen LogP contribution in [-0.4, -0.2) is 23.1 Å². The maximum absolute atomic E-state index is 14.0. The van der Waals surface area contributed by atoms with Crippen LogP contribution in [0.4, 0.5) is 18.9 Å². The second-order valence-electron chi connectivity index (χ2n) is 11.0. The monoisotopic (exact) mass is 647 g/mol. The number of carbonyl (C=O) groups excluding carboxylic acids is 1. The van der Waals surface area contributed by atoms with Gasteiger partial charge in [-0.25, -0.2) is 4.79 Å². The molecule has 2 N–H and O–H groups in total. The van der Waals surface area contributed by atoms with Gasteiger partial charge in [-0.1, -0.05) is 109 Å². The van der Waals surface area contributed by atoms with Gasteiger partial charge in [0.05, 0.1) is 5.56 Å². The highest BCUT2D eigenvalue weighted by Crippen LogP contribution is 2.38. The Morgan fingerprint density at radius 2 is 1.25 bits per heavy atom. The molecule has 0 saturated carbocycles. The van der Waals surface area contributed by atoms with Crippen LogP contribution in [0.15, 0.2) is 144 Å². The summed E-state index contributed by atoms with van der Waals surface area (Å²) in [7, 11) is 0. The summed E-state index contributed by atoms with van der Waals surface area (Å²) in [5, 5.41) is 12.2. The minimum absolute atomic E-state index is 0.0848. The molecular weight excluding hydrogens is 619 g/mol. The average Bonchev–Trinajstić information content (AvgIpc) is 3.57. The molecule has 1 unspecified atom stereocenters. The lowest BCUT2D eigenvalue weighted by Crippen LogP contribution is -2.29. The molecule has 6 aromatic rings. The first-order valence-electron chi connectivity index (χ1n) is 15.0. The van der Waals surface area contributed by atoms with E-state index < -0.39 is 35.5 Å². The number of carboxylic acid groups (broad SMARTS) is 1. The van der Waals surface area contributed by atoms with Gasteiger partial charge in [-0.15, -0.1) is 0 Å². The van der Waals surface area contributed by atoms with Gasteiger partial charge in [0.25, 0.3) is 5.91 Å². The zero-order valence-electron chi connectivity index (χ0n) is 25.3. The Labute approximate surface area is 274 Å². The Kier molecular flexibility index (Phi) is 9.11. The zero-order valence-corrected chi connectivity index (χ0v) is 25.3. The molecular formula is C39H28F3NO5. The SMILES string of the molecule is O=C(Nc1ccc(-c2cccc(OC(Cc3ccccc3)C(=O)O)c2)cc1)c1cc(-c2ccc(-c3ccccc3)cc2)oc1C(F)(F)F. The van der Waals surface area contributed by atoms with E-state index in [1.54, 1.807) is 66.7 Å². The summed E-state index contributed by atoms with van der Waals surface area (Å²) in [5.74, 6) is -3.18. The fourth-order valence-electron chi connectivity index (χ4n) is 5.24. The van der Waals surface area contributed by atoms with E-state index in [4.69, 9.17) is 9.15 Å². The number of benzene rings is 5. The van der Waals surface area contributed by atoms with Crippen LogP contribution in [0.25, 0.3) is 33.6 Å². The minimum atomic E-state index is -4.90. The van der Waals surface area contributed by atoms with Crippen LogP contribution in [-0.2, 0) is 17.4 Å². The molecule has 0 fully saturated rings. The third-order valence-electron chi connectivity index (χ3n) is 7.64. The lowest BCUT2D eigenvalue weighted by atomic mass is 10.0. The quantitative estimate of drug-likeness (QED) is 0.155. The normalized spacial score (nSPS) is 11.9. The lowest BCUT2D eigenvalue weighted by molar-refractivity contribution is -0.153. The highest BCUT2D eigenvalue weighted by molar-refractivity contribution is 6.06. The van der Waals surface area contributed by atoms with E-state index in [1.165, 1.54) is 0 Å². The Balaban J connectivity index is 1.17. The summed E-state index contributed by atoms with van der Waals surface area (Å²) in [6, 6.07) is 40.0. The van der Waals surface area contributed by atoms with Crippen LogP contribution in [0.1, 0.15) is 21.7 Å². The number of anilines is 1. The Bertz CT molecular complexity index is 2020. The maximum Gasteiger partial charge on any atom is 0.450 e. The van der Waals surface area contributed by atoms with Crippen molar-refractivity contribution in [2.24, 2.45) is 0 Å². The number of amides is 1. The number of carbonyl (C=O) groups is 2. The fraction of sp³-hybridized carbons (Fsp3) is 0.0769. The fourth-order valence-corrected chi connectivity index (χ4v) is 5.24. The first-order chi connectivity index (χ1) is 23.1. The summed E-state index contributed by atoms with van der Waals surface area (Å²) in [5.41, 5.74) is 4.12. The predicted molar refractivity (Wildman–Crippen MR) is 177 cm³/mol. The molecule has 6 nitrogen and oxygen atoms in total. The molecule has 5 aromatic carbocycles. The van der Waals surface area contributed by atoms with Gasteiger partial charge >= 0.3 is 12.1 Å². The van der Waals surface area contributed by atoms with Crippen LogP contribution in [0.3, 0.4) is 0 Å². The van der Waals surface area contributed by atoms with E-state index >= 15 is 0 Å². The number of hydrogen-bond acceptors (Lipinski definition) is 4. The molecule has 1 amide bonds.